The molecule has 0 fully saturated rings. The van der Waals surface area contributed by atoms with E-state index in [0.717, 1.165) is 21.9 Å². The number of anilines is 1. The Kier molecular flexibility index (Phi) is 10.1. The Morgan fingerprint density at radius 2 is 1.41 bits per heavy atom. The molecular formula is C37H34N2O5. The van der Waals surface area contributed by atoms with E-state index in [1.165, 1.54) is 0 Å². The molecule has 0 aromatic heterocycles. The first-order valence-electron chi connectivity index (χ1n) is 14.6. The minimum atomic E-state index is -1.02. The van der Waals surface area contributed by atoms with Crippen LogP contribution in [0.4, 0.5) is 5.69 Å². The van der Waals surface area contributed by atoms with E-state index < -0.39 is 12.0 Å². The van der Waals surface area contributed by atoms with Gasteiger partial charge in [-0.1, -0.05) is 97.1 Å². The number of para-hydroxylation sites is 1. The van der Waals surface area contributed by atoms with Crippen LogP contribution in [0.5, 0.6) is 5.75 Å². The molecule has 7 heteroatoms. The summed E-state index contributed by atoms with van der Waals surface area (Å²) in [5.74, 6) is -0.438. The van der Waals surface area contributed by atoms with Crippen molar-refractivity contribution in [1.29, 1.82) is 0 Å². The molecule has 1 atom stereocenters. The van der Waals surface area contributed by atoms with Gasteiger partial charge in [-0.15, -0.1) is 0 Å². The molecular weight excluding hydrogens is 552 g/mol. The monoisotopic (exact) mass is 586 g/mol. The number of ether oxygens (including phenoxy) is 1. The summed E-state index contributed by atoms with van der Waals surface area (Å²) in [6.07, 6.45) is 0.589. The van der Waals surface area contributed by atoms with Crippen molar-refractivity contribution in [2.45, 2.75) is 18.9 Å². The molecule has 0 saturated carbocycles. The third kappa shape index (κ3) is 8.18. The fourth-order valence-corrected chi connectivity index (χ4v) is 5.01. The van der Waals surface area contributed by atoms with Gasteiger partial charge in [-0.05, 0) is 46.2 Å². The summed E-state index contributed by atoms with van der Waals surface area (Å²) >= 11 is 0. The van der Waals surface area contributed by atoms with Crippen LogP contribution in [0.2, 0.25) is 0 Å². The molecule has 0 bridgehead atoms. The Labute approximate surface area is 256 Å². The molecule has 0 radical (unpaired) electrons. The number of nitrogens with one attached hydrogen (secondary N) is 2. The average molecular weight is 587 g/mol. The Balaban J connectivity index is 1.08. The predicted octanol–water partition coefficient (Wildman–Crippen LogP) is 5.96. The minimum Gasteiger partial charge on any atom is -0.492 e. The third-order valence-electron chi connectivity index (χ3n) is 7.28. The molecule has 0 spiro atoms. The highest BCUT2D eigenvalue weighted by Gasteiger charge is 2.21. The van der Waals surface area contributed by atoms with E-state index in [1.54, 1.807) is 60.7 Å². The normalized spacial score (nSPS) is 11.5. The third-order valence-corrected chi connectivity index (χ3v) is 7.28. The molecule has 44 heavy (non-hydrogen) atoms. The van der Waals surface area contributed by atoms with E-state index in [1.807, 2.05) is 48.5 Å². The van der Waals surface area contributed by atoms with Crippen molar-refractivity contribution in [3.63, 3.8) is 0 Å². The highest BCUT2D eigenvalue weighted by atomic mass is 16.5. The fraction of sp³-hybridized carbons (Fsp3) is 0.162. The zero-order valence-corrected chi connectivity index (χ0v) is 24.2. The van der Waals surface area contributed by atoms with Crippen LogP contribution in [0.3, 0.4) is 0 Å². The molecule has 3 N–H and O–H groups in total. The highest BCUT2D eigenvalue weighted by Crippen LogP contribution is 2.22. The lowest BCUT2D eigenvalue weighted by Gasteiger charge is -2.18. The zero-order valence-electron chi connectivity index (χ0n) is 24.2. The summed E-state index contributed by atoms with van der Waals surface area (Å²) in [5.41, 5.74) is 3.22. The standard InChI is InChI=1S/C37H34N2O5/c40-31(23-27-14-17-28-8-4-5-11-30(28)22-27)25-38-20-21-44-32-18-15-26(16-19-32)24-35(37(42)43)39-34-13-7-6-12-33(34)36(41)29-9-2-1-3-10-29/h1-19,22,35,38-39H,20-21,23-25H2,(H,42,43). The second-order valence-electron chi connectivity index (χ2n) is 10.5. The molecule has 5 aromatic carbocycles. The maximum atomic E-state index is 13.1. The summed E-state index contributed by atoms with van der Waals surface area (Å²) in [4.78, 5) is 37.6. The maximum absolute atomic E-state index is 13.1. The number of Topliss-reactive ketones (excluding diaryl/α,β-unsaturated/α-hetero) is 1. The van der Waals surface area contributed by atoms with Gasteiger partial charge in [0, 0.05) is 36.2 Å². The van der Waals surface area contributed by atoms with Crippen LogP contribution in [0, 0.1) is 0 Å². The molecule has 5 rings (SSSR count). The van der Waals surface area contributed by atoms with Crippen molar-refractivity contribution in [2.75, 3.05) is 25.0 Å². The van der Waals surface area contributed by atoms with Crippen LogP contribution >= 0.6 is 0 Å². The van der Waals surface area contributed by atoms with E-state index in [2.05, 4.69) is 22.8 Å². The van der Waals surface area contributed by atoms with Crippen LogP contribution < -0.4 is 15.4 Å². The van der Waals surface area contributed by atoms with Crippen LogP contribution in [0.15, 0.2) is 121 Å². The summed E-state index contributed by atoms with van der Waals surface area (Å²) in [7, 11) is 0. The van der Waals surface area contributed by atoms with Gasteiger partial charge in [-0.25, -0.2) is 4.79 Å². The number of hydrogen-bond acceptors (Lipinski definition) is 6. The van der Waals surface area contributed by atoms with Gasteiger partial charge < -0.3 is 20.5 Å². The van der Waals surface area contributed by atoms with Gasteiger partial charge in [0.15, 0.2) is 11.6 Å². The van der Waals surface area contributed by atoms with E-state index >= 15 is 0 Å². The highest BCUT2D eigenvalue weighted by molar-refractivity contribution is 6.12. The molecule has 0 aliphatic rings. The van der Waals surface area contributed by atoms with Crippen LogP contribution in [-0.2, 0) is 22.4 Å². The SMILES string of the molecule is O=C(CNCCOc1ccc(CC(Nc2ccccc2C(=O)c2ccccc2)C(=O)O)cc1)Cc1ccc2ccccc2c1. The summed E-state index contributed by atoms with van der Waals surface area (Å²) in [5, 5.41) is 18.4. The Morgan fingerprint density at radius 1 is 0.727 bits per heavy atom. The number of benzene rings is 5. The number of aliphatic carboxylic acids is 1. The Hall–Kier alpha value is -5.27. The average Bonchev–Trinajstić information content (AvgIpc) is 3.05. The first-order chi connectivity index (χ1) is 21.5. The van der Waals surface area contributed by atoms with E-state index in [-0.39, 0.29) is 24.5 Å². The molecule has 0 heterocycles. The smallest absolute Gasteiger partial charge is 0.326 e. The van der Waals surface area contributed by atoms with Crippen LogP contribution in [-0.4, -0.2) is 48.4 Å². The van der Waals surface area contributed by atoms with Gasteiger partial charge in [0.2, 0.25) is 0 Å². The number of carbonyl (C=O) groups excluding carboxylic acids is 2. The second-order valence-corrected chi connectivity index (χ2v) is 10.5. The summed E-state index contributed by atoms with van der Waals surface area (Å²) in [6, 6.07) is 36.3. The van der Waals surface area contributed by atoms with Crippen LogP contribution in [0.1, 0.15) is 27.0 Å². The van der Waals surface area contributed by atoms with E-state index in [4.69, 9.17) is 4.74 Å². The molecule has 0 amide bonds. The number of fused-ring (bicyclic) bond motifs is 1. The van der Waals surface area contributed by atoms with Gasteiger partial charge in [0.05, 0.1) is 6.54 Å². The molecule has 7 nitrogen and oxygen atoms in total. The summed E-state index contributed by atoms with van der Waals surface area (Å²) < 4.78 is 5.80. The lowest BCUT2D eigenvalue weighted by molar-refractivity contribution is -0.137. The Bertz CT molecular complexity index is 1730. The molecule has 222 valence electrons. The van der Waals surface area contributed by atoms with Crippen molar-refractivity contribution < 1.29 is 24.2 Å². The van der Waals surface area contributed by atoms with Gasteiger partial charge in [-0.2, -0.15) is 0 Å². The maximum Gasteiger partial charge on any atom is 0.326 e. The fourth-order valence-electron chi connectivity index (χ4n) is 5.01. The van der Waals surface area contributed by atoms with Crippen molar-refractivity contribution in [1.82, 2.24) is 5.32 Å². The van der Waals surface area contributed by atoms with Crippen LogP contribution in [0.25, 0.3) is 10.8 Å². The largest absolute Gasteiger partial charge is 0.492 e. The van der Waals surface area contributed by atoms with Gasteiger partial charge >= 0.3 is 5.97 Å². The van der Waals surface area contributed by atoms with Crippen molar-refractivity contribution in [3.05, 3.63) is 144 Å². The van der Waals surface area contributed by atoms with Crippen molar-refractivity contribution in [2.24, 2.45) is 0 Å². The molecule has 1 unspecified atom stereocenters. The molecule has 0 aliphatic heterocycles. The first-order valence-corrected chi connectivity index (χ1v) is 14.6. The van der Waals surface area contributed by atoms with E-state index in [0.29, 0.717) is 42.1 Å². The quantitative estimate of drug-likeness (QED) is 0.103. The number of carboxylic acids is 1. The van der Waals surface area contributed by atoms with Gasteiger partial charge in [0.25, 0.3) is 0 Å². The zero-order chi connectivity index (χ0) is 30.7. The van der Waals surface area contributed by atoms with Gasteiger partial charge in [-0.3, -0.25) is 9.59 Å². The number of carboxylic acid groups (broad SMARTS) is 1. The summed E-state index contributed by atoms with van der Waals surface area (Å²) in [6.45, 7) is 1.16. The molecule has 5 aromatic rings. The molecule has 0 aliphatic carbocycles. The first kappa shape index (κ1) is 30.2. The molecule has 0 saturated heterocycles. The number of ketones is 2. The Morgan fingerprint density at radius 3 is 2.18 bits per heavy atom. The second kappa shape index (κ2) is 14.8. The van der Waals surface area contributed by atoms with Crippen molar-refractivity contribution >= 4 is 34.0 Å². The number of hydrogen-bond donors (Lipinski definition) is 3. The lowest BCUT2D eigenvalue weighted by Crippen LogP contribution is -2.32. The van der Waals surface area contributed by atoms with E-state index in [9.17, 15) is 19.5 Å². The lowest BCUT2D eigenvalue weighted by atomic mass is 10.00. The minimum absolute atomic E-state index is 0.110. The topological polar surface area (TPSA) is 105 Å². The van der Waals surface area contributed by atoms with Gasteiger partial charge in [0.1, 0.15) is 18.4 Å². The van der Waals surface area contributed by atoms with Crippen molar-refractivity contribution in [3.8, 4) is 5.75 Å². The number of carbonyl (C=O) groups is 3. The number of rotatable bonds is 15. The predicted molar refractivity (Wildman–Crippen MR) is 173 cm³/mol.